The molecule has 1 aromatic carbocycles. The monoisotopic (exact) mass is 379 g/mol. The van der Waals surface area contributed by atoms with Crippen molar-refractivity contribution in [1.29, 1.82) is 0 Å². The van der Waals surface area contributed by atoms with Crippen LogP contribution in [0.1, 0.15) is 52.4 Å². The van der Waals surface area contributed by atoms with Gasteiger partial charge in [0.2, 0.25) is 5.82 Å². The zero-order valence-electron chi connectivity index (χ0n) is 16.8. The summed E-state index contributed by atoms with van der Waals surface area (Å²) in [7, 11) is 0. The molecule has 1 saturated carbocycles. The van der Waals surface area contributed by atoms with Crippen LogP contribution in [0, 0.1) is 25.7 Å². The normalized spacial score (nSPS) is 24.5. The molecule has 1 amide bonds. The average Bonchev–Trinajstić information content (AvgIpc) is 3.17. The Kier molecular flexibility index (Phi) is 4.46. The van der Waals surface area contributed by atoms with Crippen molar-refractivity contribution in [3.05, 3.63) is 46.5 Å². The van der Waals surface area contributed by atoms with Gasteiger partial charge in [-0.15, -0.1) is 10.2 Å². The second-order valence-electron chi connectivity index (χ2n) is 9.07. The van der Waals surface area contributed by atoms with Crippen LogP contribution in [0.3, 0.4) is 0 Å². The highest BCUT2D eigenvalue weighted by atomic mass is 16.2. The quantitative estimate of drug-likeness (QED) is 0.887. The Balaban J connectivity index is 1.27. The van der Waals surface area contributed by atoms with Gasteiger partial charge in [0, 0.05) is 38.6 Å². The number of nitrogens with zero attached hydrogens (tertiary/aromatic N) is 4. The molecule has 1 aliphatic carbocycles. The van der Waals surface area contributed by atoms with Crippen molar-refractivity contribution in [3.8, 4) is 0 Å². The number of hydrogen-bond acceptors (Lipinski definition) is 4. The van der Waals surface area contributed by atoms with Gasteiger partial charge in [-0.25, -0.2) is 0 Å². The van der Waals surface area contributed by atoms with E-state index in [0.29, 0.717) is 23.7 Å². The minimum Gasteiger partial charge on any atom is -0.347 e. The number of likely N-dealkylation sites (tertiary alicyclic amines) is 1. The van der Waals surface area contributed by atoms with Crippen LogP contribution in [-0.4, -0.2) is 44.7 Å². The van der Waals surface area contributed by atoms with Gasteiger partial charge in [-0.3, -0.25) is 9.69 Å². The smallest absolute Gasteiger partial charge is 0.289 e. The second-order valence-corrected chi connectivity index (χ2v) is 9.07. The Morgan fingerprint density at radius 1 is 1.07 bits per heavy atom. The van der Waals surface area contributed by atoms with Crippen LogP contribution in [0.15, 0.2) is 18.2 Å². The number of fused-ring (bicyclic) bond motifs is 2. The minimum atomic E-state index is -0.0491. The van der Waals surface area contributed by atoms with E-state index in [1.807, 2.05) is 0 Å². The van der Waals surface area contributed by atoms with Gasteiger partial charge in [-0.2, -0.15) is 0 Å². The maximum Gasteiger partial charge on any atom is 0.289 e. The van der Waals surface area contributed by atoms with Crippen molar-refractivity contribution in [2.75, 3.05) is 13.1 Å². The molecular formula is C22H29N5O. The van der Waals surface area contributed by atoms with E-state index < -0.39 is 0 Å². The summed E-state index contributed by atoms with van der Waals surface area (Å²) < 4.78 is 2.08. The van der Waals surface area contributed by atoms with Crippen molar-refractivity contribution in [3.63, 3.8) is 0 Å². The molecule has 1 aromatic heterocycles. The molecule has 2 atom stereocenters. The SMILES string of the molecule is Cc1cc(C)cc(CN2C[C@@H]3Cc4nnc(C(=O)NC5CCC5)n4C[C@@H]3C2)c1. The molecule has 3 heterocycles. The Morgan fingerprint density at radius 2 is 1.82 bits per heavy atom. The Morgan fingerprint density at radius 3 is 2.54 bits per heavy atom. The van der Waals surface area contributed by atoms with Crippen LogP contribution >= 0.6 is 0 Å². The molecule has 0 radical (unpaired) electrons. The maximum atomic E-state index is 12.6. The molecule has 6 nitrogen and oxygen atoms in total. The average molecular weight is 380 g/mol. The first-order chi connectivity index (χ1) is 13.5. The molecule has 0 unspecified atom stereocenters. The van der Waals surface area contributed by atoms with Gasteiger partial charge in [0.15, 0.2) is 0 Å². The molecule has 0 spiro atoms. The fourth-order valence-electron chi connectivity index (χ4n) is 5.14. The molecule has 28 heavy (non-hydrogen) atoms. The molecule has 2 aromatic rings. The number of rotatable bonds is 4. The van der Waals surface area contributed by atoms with E-state index in [1.54, 1.807) is 0 Å². The van der Waals surface area contributed by atoms with Gasteiger partial charge in [0.25, 0.3) is 5.91 Å². The lowest BCUT2D eigenvalue weighted by Crippen LogP contribution is -2.41. The maximum absolute atomic E-state index is 12.6. The number of nitrogens with one attached hydrogen (secondary N) is 1. The third-order valence-electron chi connectivity index (χ3n) is 6.67. The van der Waals surface area contributed by atoms with Gasteiger partial charge in [0.1, 0.15) is 5.82 Å². The second kappa shape index (κ2) is 6.99. The number of aryl methyl sites for hydroxylation is 2. The van der Waals surface area contributed by atoms with Crippen LogP contribution in [0.2, 0.25) is 0 Å². The molecule has 148 valence electrons. The molecule has 0 bridgehead atoms. The first kappa shape index (κ1) is 17.9. The lowest BCUT2D eigenvalue weighted by atomic mass is 9.89. The summed E-state index contributed by atoms with van der Waals surface area (Å²) in [4.78, 5) is 15.2. The van der Waals surface area contributed by atoms with Crippen LogP contribution in [-0.2, 0) is 19.5 Å². The Labute approximate surface area is 166 Å². The summed E-state index contributed by atoms with van der Waals surface area (Å²) in [6, 6.07) is 7.16. The topological polar surface area (TPSA) is 63.1 Å². The van der Waals surface area contributed by atoms with Crippen LogP contribution in [0.25, 0.3) is 0 Å². The van der Waals surface area contributed by atoms with E-state index in [9.17, 15) is 4.79 Å². The number of carbonyl (C=O) groups excluding carboxylic acids is 1. The van der Waals surface area contributed by atoms with E-state index in [4.69, 9.17) is 0 Å². The molecule has 3 aliphatic rings. The van der Waals surface area contributed by atoms with Crippen LogP contribution in [0.4, 0.5) is 0 Å². The molecule has 1 N–H and O–H groups in total. The largest absolute Gasteiger partial charge is 0.347 e. The summed E-state index contributed by atoms with van der Waals surface area (Å²) in [5.74, 6) is 2.63. The molecule has 5 rings (SSSR count). The third kappa shape index (κ3) is 3.34. The van der Waals surface area contributed by atoms with Gasteiger partial charge in [0.05, 0.1) is 0 Å². The summed E-state index contributed by atoms with van der Waals surface area (Å²) in [5.41, 5.74) is 4.07. The molecule has 6 heteroatoms. The van der Waals surface area contributed by atoms with Crippen LogP contribution < -0.4 is 5.32 Å². The lowest BCUT2D eigenvalue weighted by Gasteiger charge is -2.28. The van der Waals surface area contributed by atoms with Gasteiger partial charge in [-0.1, -0.05) is 29.3 Å². The zero-order valence-corrected chi connectivity index (χ0v) is 16.8. The highest BCUT2D eigenvalue weighted by Gasteiger charge is 2.39. The lowest BCUT2D eigenvalue weighted by molar-refractivity contribution is 0.0898. The number of amides is 1. The predicted molar refractivity (Wildman–Crippen MR) is 107 cm³/mol. The first-order valence-electron chi connectivity index (χ1n) is 10.6. The van der Waals surface area contributed by atoms with Crippen molar-refractivity contribution in [2.24, 2.45) is 11.8 Å². The van der Waals surface area contributed by atoms with E-state index in [0.717, 1.165) is 51.3 Å². The van der Waals surface area contributed by atoms with E-state index in [1.165, 1.54) is 23.1 Å². The van der Waals surface area contributed by atoms with Gasteiger partial charge >= 0.3 is 0 Å². The fourth-order valence-corrected chi connectivity index (χ4v) is 5.14. The predicted octanol–water partition coefficient (Wildman–Crippen LogP) is 2.48. The molecular weight excluding hydrogens is 350 g/mol. The van der Waals surface area contributed by atoms with E-state index in [2.05, 4.69) is 57.0 Å². The van der Waals surface area contributed by atoms with Crippen molar-refractivity contribution < 1.29 is 4.79 Å². The number of aromatic nitrogens is 3. The highest BCUT2D eigenvalue weighted by molar-refractivity contribution is 5.91. The summed E-state index contributed by atoms with van der Waals surface area (Å²) in [6.07, 6.45) is 4.32. The van der Waals surface area contributed by atoms with Gasteiger partial charge < -0.3 is 9.88 Å². The van der Waals surface area contributed by atoms with E-state index >= 15 is 0 Å². The summed E-state index contributed by atoms with van der Waals surface area (Å²) in [6.45, 7) is 8.40. The summed E-state index contributed by atoms with van der Waals surface area (Å²) in [5, 5.41) is 11.7. The molecule has 2 fully saturated rings. The zero-order chi connectivity index (χ0) is 19.3. The molecule has 2 aliphatic heterocycles. The van der Waals surface area contributed by atoms with Crippen molar-refractivity contribution in [1.82, 2.24) is 25.0 Å². The Bertz CT molecular complexity index is 880. The number of hydrogen-bond donors (Lipinski definition) is 1. The first-order valence-corrected chi connectivity index (χ1v) is 10.6. The number of benzene rings is 1. The highest BCUT2D eigenvalue weighted by Crippen LogP contribution is 2.33. The van der Waals surface area contributed by atoms with Crippen LogP contribution in [0.5, 0.6) is 0 Å². The third-order valence-corrected chi connectivity index (χ3v) is 6.67. The van der Waals surface area contributed by atoms with E-state index in [-0.39, 0.29) is 5.91 Å². The minimum absolute atomic E-state index is 0.0491. The standard InChI is InChI=1S/C22H29N5O/c1-14-6-15(2)8-16(7-14)10-26-11-17-9-20-24-25-21(27(20)13-18(17)12-26)22(28)23-19-4-3-5-19/h6-8,17-19H,3-5,9-13H2,1-2H3,(H,23,28)/t17-,18-/m0/s1. The molecule has 1 saturated heterocycles. The van der Waals surface area contributed by atoms with Gasteiger partial charge in [-0.05, 0) is 50.5 Å². The van der Waals surface area contributed by atoms with Crippen molar-refractivity contribution >= 4 is 5.91 Å². The summed E-state index contributed by atoms with van der Waals surface area (Å²) >= 11 is 0. The Hall–Kier alpha value is -2.21. The van der Waals surface area contributed by atoms with Crippen molar-refractivity contribution in [2.45, 2.75) is 58.7 Å². The number of carbonyl (C=O) groups is 1. The fraction of sp³-hybridized carbons (Fsp3) is 0.591.